The van der Waals surface area contributed by atoms with Gasteiger partial charge in [0.25, 0.3) is 0 Å². The molecule has 0 radical (unpaired) electrons. The van der Waals surface area contributed by atoms with Crippen LogP contribution in [0.1, 0.15) is 69.6 Å². The Kier molecular flexibility index (Phi) is 4.65. The van der Waals surface area contributed by atoms with Crippen molar-refractivity contribution in [3.05, 3.63) is 44.5 Å². The van der Waals surface area contributed by atoms with E-state index in [4.69, 9.17) is 18.9 Å². The predicted molar refractivity (Wildman–Crippen MR) is 126 cm³/mol. The first-order valence-electron chi connectivity index (χ1n) is 13.2. The second-order valence-corrected chi connectivity index (χ2v) is 10.9. The van der Waals surface area contributed by atoms with Gasteiger partial charge >= 0.3 is 0 Å². The Hall–Kier alpha value is -2.20. The molecule has 2 aromatic carbocycles. The van der Waals surface area contributed by atoms with Crippen LogP contribution in [0.3, 0.4) is 0 Å². The van der Waals surface area contributed by atoms with Crippen molar-refractivity contribution in [2.45, 2.75) is 88.4 Å². The molecule has 4 aliphatic heterocycles. The summed E-state index contributed by atoms with van der Waals surface area (Å²) >= 11 is 0. The summed E-state index contributed by atoms with van der Waals surface area (Å²) in [4.78, 5) is 0. The van der Waals surface area contributed by atoms with Gasteiger partial charge in [-0.3, -0.25) is 0 Å². The third-order valence-electron chi connectivity index (χ3n) is 9.28. The van der Waals surface area contributed by atoms with E-state index in [9.17, 15) is 20.4 Å². The molecule has 0 bridgehead atoms. The molecule has 0 aromatic heterocycles. The Morgan fingerprint density at radius 3 is 1.42 bits per heavy atom. The van der Waals surface area contributed by atoms with Crippen molar-refractivity contribution in [1.29, 1.82) is 0 Å². The summed E-state index contributed by atoms with van der Waals surface area (Å²) in [5, 5.41) is 42.0. The van der Waals surface area contributed by atoms with Crippen molar-refractivity contribution >= 4 is 0 Å². The number of aliphatic hydroxyl groups is 4. The molecule has 2 aliphatic carbocycles. The molecule has 4 heterocycles. The van der Waals surface area contributed by atoms with Crippen molar-refractivity contribution in [3.63, 3.8) is 0 Å². The minimum absolute atomic E-state index is 0.313. The van der Waals surface area contributed by atoms with Crippen molar-refractivity contribution < 1.29 is 39.4 Å². The number of aliphatic hydroxyl groups excluding tert-OH is 4. The normalized spacial score (nSPS) is 32.6. The highest BCUT2D eigenvalue weighted by molar-refractivity contribution is 5.89. The molecular formula is C28H30O8. The molecule has 6 aliphatic rings. The molecule has 4 N–H and O–H groups in total. The van der Waals surface area contributed by atoms with E-state index in [1.807, 2.05) is 0 Å². The average molecular weight is 495 g/mol. The Labute approximate surface area is 208 Å². The van der Waals surface area contributed by atoms with E-state index < -0.39 is 36.6 Å². The van der Waals surface area contributed by atoms with Crippen LogP contribution in [0.5, 0.6) is 11.5 Å². The van der Waals surface area contributed by atoms with Crippen molar-refractivity contribution in [1.82, 2.24) is 0 Å². The molecular weight excluding hydrogens is 464 g/mol. The van der Waals surface area contributed by atoms with E-state index in [2.05, 4.69) is 0 Å². The number of hydrogen-bond acceptors (Lipinski definition) is 8. The molecule has 6 atom stereocenters. The minimum atomic E-state index is -0.942. The van der Waals surface area contributed by atoms with E-state index in [0.29, 0.717) is 24.7 Å². The maximum atomic E-state index is 10.9. The van der Waals surface area contributed by atoms with Gasteiger partial charge in [0.15, 0.2) is 12.2 Å². The van der Waals surface area contributed by atoms with Crippen LogP contribution in [-0.4, -0.2) is 58.1 Å². The summed E-state index contributed by atoms with van der Waals surface area (Å²) in [6.45, 7) is 0.252. The van der Waals surface area contributed by atoms with Gasteiger partial charge in [-0.2, -0.15) is 0 Å². The highest BCUT2D eigenvalue weighted by atomic mass is 16.6. The Balaban J connectivity index is 1.47. The SMILES string of the molecule is OC[C@H]1Oc2c(-c3c4c(c5c6c3O[C@H](CO)[C@@H](O)[C@@H]6OC5)CCC4)c3c(c4c2[C@@H](OC4)[C@@H]1O)CCC3. The minimum Gasteiger partial charge on any atom is -0.484 e. The van der Waals surface area contributed by atoms with Gasteiger partial charge in [0.2, 0.25) is 0 Å². The molecule has 2 aromatic rings. The molecule has 8 nitrogen and oxygen atoms in total. The van der Waals surface area contributed by atoms with Crippen LogP contribution in [0, 0.1) is 0 Å². The van der Waals surface area contributed by atoms with Crippen LogP contribution in [-0.2, 0) is 48.4 Å². The molecule has 0 saturated carbocycles. The van der Waals surface area contributed by atoms with E-state index >= 15 is 0 Å². The van der Waals surface area contributed by atoms with Crippen molar-refractivity contribution in [2.24, 2.45) is 0 Å². The molecule has 8 rings (SSSR count). The summed E-state index contributed by atoms with van der Waals surface area (Å²) in [6, 6.07) is 0. The highest BCUT2D eigenvalue weighted by Gasteiger charge is 2.50. The van der Waals surface area contributed by atoms with Crippen molar-refractivity contribution in [2.75, 3.05) is 13.2 Å². The van der Waals surface area contributed by atoms with Crippen LogP contribution < -0.4 is 9.47 Å². The number of hydrogen-bond donors (Lipinski definition) is 4. The third-order valence-corrected chi connectivity index (χ3v) is 9.28. The Bertz CT molecular complexity index is 1200. The van der Waals surface area contributed by atoms with Gasteiger partial charge in [0, 0.05) is 22.3 Å². The fourth-order valence-corrected chi connectivity index (χ4v) is 7.73. The van der Waals surface area contributed by atoms with Gasteiger partial charge in [0.1, 0.15) is 35.9 Å². The maximum absolute atomic E-state index is 10.9. The zero-order valence-corrected chi connectivity index (χ0v) is 20.0. The summed E-state index contributed by atoms with van der Waals surface area (Å²) in [5.74, 6) is 1.38. The molecule has 36 heavy (non-hydrogen) atoms. The highest BCUT2D eigenvalue weighted by Crippen LogP contribution is 2.60. The quantitative estimate of drug-likeness (QED) is 0.510. The van der Waals surface area contributed by atoms with Gasteiger partial charge < -0.3 is 39.4 Å². The first-order valence-corrected chi connectivity index (χ1v) is 13.2. The lowest BCUT2D eigenvalue weighted by molar-refractivity contribution is -0.104. The van der Waals surface area contributed by atoms with Crippen LogP contribution >= 0.6 is 0 Å². The number of fused-ring (bicyclic) bond motifs is 4. The van der Waals surface area contributed by atoms with Gasteiger partial charge in [-0.1, -0.05) is 0 Å². The smallest absolute Gasteiger partial charge is 0.150 e. The van der Waals surface area contributed by atoms with Gasteiger partial charge in [-0.05, 0) is 71.9 Å². The molecule has 0 unspecified atom stereocenters. The number of rotatable bonds is 3. The monoisotopic (exact) mass is 494 g/mol. The maximum Gasteiger partial charge on any atom is 0.150 e. The van der Waals surface area contributed by atoms with Crippen LogP contribution in [0.4, 0.5) is 0 Å². The number of benzene rings is 2. The van der Waals surface area contributed by atoms with E-state index in [0.717, 1.165) is 71.9 Å². The van der Waals surface area contributed by atoms with Crippen LogP contribution in [0.25, 0.3) is 11.1 Å². The standard InChI is InChI=1S/C28H30O8/c29-7-17-23(31)27-21-15(9-33-27)11-3-1-5-13(11)19(25(21)35-17)20-14-6-2-4-12(14)16-10-34-28-22(16)26(20)36-18(8-30)24(28)32/h17-18,23-24,27-32H,1-10H2/t17-,18-,23-,24-,27-,28-/m1/s1. The van der Waals surface area contributed by atoms with E-state index in [1.54, 1.807) is 0 Å². The fraction of sp³-hybridized carbons (Fsp3) is 0.571. The van der Waals surface area contributed by atoms with E-state index in [1.165, 1.54) is 22.3 Å². The molecule has 8 heteroatoms. The zero-order chi connectivity index (χ0) is 24.3. The van der Waals surface area contributed by atoms with Crippen LogP contribution in [0.2, 0.25) is 0 Å². The third kappa shape index (κ3) is 2.60. The first kappa shape index (κ1) is 21.8. The zero-order valence-electron chi connectivity index (χ0n) is 20.0. The van der Waals surface area contributed by atoms with Gasteiger partial charge in [-0.25, -0.2) is 0 Å². The lowest BCUT2D eigenvalue weighted by Gasteiger charge is -2.38. The summed E-state index contributed by atoms with van der Waals surface area (Å²) < 4.78 is 25.1. The largest absolute Gasteiger partial charge is 0.484 e. The molecule has 0 spiro atoms. The lowest BCUT2D eigenvalue weighted by atomic mass is 9.80. The summed E-state index contributed by atoms with van der Waals surface area (Å²) in [7, 11) is 0. The summed E-state index contributed by atoms with van der Waals surface area (Å²) in [5.41, 5.74) is 11.1. The van der Waals surface area contributed by atoms with E-state index in [-0.39, 0.29) is 13.2 Å². The Morgan fingerprint density at radius 2 is 1.00 bits per heavy atom. The van der Waals surface area contributed by atoms with Gasteiger partial charge in [-0.15, -0.1) is 0 Å². The average Bonchev–Trinajstić information content (AvgIpc) is 3.68. The fourth-order valence-electron chi connectivity index (χ4n) is 7.73. The van der Waals surface area contributed by atoms with Crippen molar-refractivity contribution in [3.8, 4) is 22.6 Å². The van der Waals surface area contributed by atoms with Gasteiger partial charge in [0.05, 0.1) is 26.4 Å². The first-order chi connectivity index (χ1) is 17.6. The molecule has 0 fully saturated rings. The second-order valence-electron chi connectivity index (χ2n) is 10.9. The molecule has 0 amide bonds. The number of ether oxygens (including phenoxy) is 4. The Morgan fingerprint density at radius 1 is 0.583 bits per heavy atom. The van der Waals surface area contributed by atoms with Crippen LogP contribution in [0.15, 0.2) is 0 Å². The summed E-state index contributed by atoms with van der Waals surface area (Å²) in [6.07, 6.45) is 1.26. The topological polar surface area (TPSA) is 118 Å². The lowest BCUT2D eigenvalue weighted by Crippen LogP contribution is -2.43. The predicted octanol–water partition coefficient (Wildman–Crippen LogP) is 1.70. The second kappa shape index (κ2) is 7.66. The molecule has 0 saturated heterocycles. The molecule has 190 valence electrons.